The van der Waals surface area contributed by atoms with Crippen LogP contribution < -0.4 is 10.2 Å². The van der Waals surface area contributed by atoms with Gasteiger partial charge in [-0.2, -0.15) is 5.26 Å². The van der Waals surface area contributed by atoms with Crippen LogP contribution in [0, 0.1) is 11.3 Å². The van der Waals surface area contributed by atoms with E-state index in [4.69, 9.17) is 4.74 Å². The third-order valence-electron chi connectivity index (χ3n) is 3.66. The van der Waals surface area contributed by atoms with Crippen molar-refractivity contribution in [2.75, 3.05) is 36.5 Å². The van der Waals surface area contributed by atoms with Crippen LogP contribution in [0.2, 0.25) is 0 Å². The van der Waals surface area contributed by atoms with Gasteiger partial charge in [0.15, 0.2) is 0 Å². The van der Waals surface area contributed by atoms with Gasteiger partial charge in [0.1, 0.15) is 11.6 Å². The number of amides is 1. The molecule has 0 unspecified atom stereocenters. The molecule has 1 N–H and O–H groups in total. The van der Waals surface area contributed by atoms with Crippen LogP contribution in [0.3, 0.4) is 0 Å². The molecule has 1 aromatic heterocycles. The highest BCUT2D eigenvalue weighted by molar-refractivity contribution is 6.09. The Morgan fingerprint density at radius 1 is 1.20 bits per heavy atom. The van der Waals surface area contributed by atoms with Gasteiger partial charge in [-0.25, -0.2) is 9.97 Å². The lowest BCUT2D eigenvalue weighted by molar-refractivity contribution is -0.112. The van der Waals surface area contributed by atoms with E-state index >= 15 is 0 Å². The number of ether oxygens (including phenoxy) is 1. The number of aromatic nitrogens is 2. The molecular formula is C18H17N5O2. The van der Waals surface area contributed by atoms with E-state index in [0.717, 1.165) is 13.1 Å². The first-order chi connectivity index (χ1) is 12.3. The normalized spacial score (nSPS) is 14.7. The zero-order valence-electron chi connectivity index (χ0n) is 13.6. The van der Waals surface area contributed by atoms with Crippen molar-refractivity contribution >= 4 is 23.6 Å². The Balaban J connectivity index is 1.71. The molecule has 2 heterocycles. The van der Waals surface area contributed by atoms with Crippen LogP contribution in [-0.4, -0.2) is 42.2 Å². The molecule has 1 aliphatic rings. The number of carbonyl (C=O) groups is 1. The van der Waals surface area contributed by atoms with Gasteiger partial charge in [-0.05, 0) is 18.2 Å². The maximum atomic E-state index is 12.2. The Hall–Kier alpha value is -3.24. The fraction of sp³-hybridized carbons (Fsp3) is 0.222. The Bertz CT molecular complexity index is 790. The number of para-hydroxylation sites is 1. The third-order valence-corrected chi connectivity index (χ3v) is 3.66. The molecule has 0 radical (unpaired) electrons. The molecule has 1 aromatic carbocycles. The van der Waals surface area contributed by atoms with E-state index in [0.29, 0.717) is 30.4 Å². The van der Waals surface area contributed by atoms with Crippen LogP contribution in [0.4, 0.5) is 11.6 Å². The highest BCUT2D eigenvalue weighted by Gasteiger charge is 2.14. The van der Waals surface area contributed by atoms with Crippen molar-refractivity contribution < 1.29 is 9.53 Å². The summed E-state index contributed by atoms with van der Waals surface area (Å²) in [5.74, 6) is 0.152. The number of anilines is 2. The molecule has 2 aromatic rings. The minimum Gasteiger partial charge on any atom is -0.378 e. The van der Waals surface area contributed by atoms with Crippen LogP contribution >= 0.6 is 0 Å². The number of nitrogens with one attached hydrogen (secondary N) is 1. The zero-order chi connectivity index (χ0) is 17.5. The summed E-state index contributed by atoms with van der Waals surface area (Å²) in [7, 11) is 0. The van der Waals surface area contributed by atoms with Crippen LogP contribution in [-0.2, 0) is 9.53 Å². The quantitative estimate of drug-likeness (QED) is 0.677. The number of rotatable bonds is 4. The Kier molecular flexibility index (Phi) is 5.34. The van der Waals surface area contributed by atoms with Gasteiger partial charge in [-0.15, -0.1) is 0 Å². The van der Waals surface area contributed by atoms with E-state index in [1.807, 2.05) is 29.2 Å². The molecule has 7 nitrogen and oxygen atoms in total. The zero-order valence-corrected chi connectivity index (χ0v) is 13.6. The van der Waals surface area contributed by atoms with Gasteiger partial charge in [0.25, 0.3) is 5.91 Å². The third kappa shape index (κ3) is 4.40. The molecule has 1 fully saturated rings. The van der Waals surface area contributed by atoms with Crippen molar-refractivity contribution in [2.24, 2.45) is 0 Å². The molecule has 0 aliphatic carbocycles. The number of carbonyl (C=O) groups excluding carboxylic acids is 1. The van der Waals surface area contributed by atoms with Crippen molar-refractivity contribution in [1.82, 2.24) is 9.97 Å². The molecule has 0 saturated carbocycles. The summed E-state index contributed by atoms with van der Waals surface area (Å²) in [6, 6.07) is 10.9. The van der Waals surface area contributed by atoms with Gasteiger partial charge >= 0.3 is 0 Å². The van der Waals surface area contributed by atoms with Crippen LogP contribution in [0.15, 0.2) is 48.3 Å². The van der Waals surface area contributed by atoms with Crippen molar-refractivity contribution in [2.45, 2.75) is 0 Å². The lowest BCUT2D eigenvalue weighted by Gasteiger charge is -2.26. The first-order valence-electron chi connectivity index (χ1n) is 7.89. The predicted octanol–water partition coefficient (Wildman–Crippen LogP) is 1.86. The topological polar surface area (TPSA) is 91.1 Å². The second-order valence-corrected chi connectivity index (χ2v) is 5.41. The Morgan fingerprint density at radius 3 is 2.52 bits per heavy atom. The second-order valence-electron chi connectivity index (χ2n) is 5.41. The highest BCUT2D eigenvalue weighted by Crippen LogP contribution is 2.13. The molecule has 1 saturated heterocycles. The van der Waals surface area contributed by atoms with E-state index in [9.17, 15) is 10.1 Å². The predicted molar refractivity (Wildman–Crippen MR) is 93.7 cm³/mol. The largest absolute Gasteiger partial charge is 0.378 e. The SMILES string of the molecule is N#C/C(=C/c1cnc(N2CCOCC2)nc1)C(=O)Nc1ccccc1. The minimum atomic E-state index is -0.467. The molecule has 126 valence electrons. The maximum absolute atomic E-state index is 12.2. The summed E-state index contributed by atoms with van der Waals surface area (Å²) in [5, 5.41) is 11.9. The van der Waals surface area contributed by atoms with Crippen molar-refractivity contribution in [1.29, 1.82) is 5.26 Å². The molecule has 1 amide bonds. The number of benzene rings is 1. The van der Waals surface area contributed by atoms with Gasteiger partial charge in [0.05, 0.1) is 13.2 Å². The number of nitrogens with zero attached hydrogens (tertiary/aromatic N) is 4. The summed E-state index contributed by atoms with van der Waals surface area (Å²) >= 11 is 0. The van der Waals surface area contributed by atoms with Crippen molar-refractivity contribution in [3.8, 4) is 6.07 Å². The van der Waals surface area contributed by atoms with Crippen LogP contribution in [0.25, 0.3) is 6.08 Å². The van der Waals surface area contributed by atoms with Crippen molar-refractivity contribution in [3.63, 3.8) is 0 Å². The first-order valence-corrected chi connectivity index (χ1v) is 7.89. The Morgan fingerprint density at radius 2 is 1.88 bits per heavy atom. The molecule has 3 rings (SSSR count). The van der Waals surface area contributed by atoms with Crippen LogP contribution in [0.5, 0.6) is 0 Å². The molecular weight excluding hydrogens is 318 g/mol. The molecule has 0 atom stereocenters. The molecule has 0 bridgehead atoms. The van der Waals surface area contributed by atoms with Gasteiger partial charge < -0.3 is 15.0 Å². The smallest absolute Gasteiger partial charge is 0.266 e. The number of nitriles is 1. The molecule has 1 aliphatic heterocycles. The van der Waals surface area contributed by atoms with E-state index in [1.54, 1.807) is 24.5 Å². The average molecular weight is 335 g/mol. The monoisotopic (exact) mass is 335 g/mol. The fourth-order valence-electron chi connectivity index (χ4n) is 2.37. The summed E-state index contributed by atoms with van der Waals surface area (Å²) in [5.41, 5.74) is 1.22. The van der Waals surface area contributed by atoms with E-state index < -0.39 is 5.91 Å². The van der Waals surface area contributed by atoms with E-state index in [-0.39, 0.29) is 5.57 Å². The Labute approximate surface area is 145 Å². The minimum absolute atomic E-state index is 0.00780. The molecule has 0 spiro atoms. The van der Waals surface area contributed by atoms with E-state index in [1.165, 1.54) is 6.08 Å². The number of hydrogen-bond acceptors (Lipinski definition) is 6. The summed E-state index contributed by atoms with van der Waals surface area (Å²) in [4.78, 5) is 22.8. The maximum Gasteiger partial charge on any atom is 0.266 e. The summed E-state index contributed by atoms with van der Waals surface area (Å²) in [6.45, 7) is 2.81. The van der Waals surface area contributed by atoms with Gasteiger partial charge in [0.2, 0.25) is 5.95 Å². The van der Waals surface area contributed by atoms with Gasteiger partial charge in [0, 0.05) is 36.7 Å². The first kappa shape index (κ1) is 16.6. The average Bonchev–Trinajstić information content (AvgIpc) is 2.68. The molecule has 25 heavy (non-hydrogen) atoms. The fourth-order valence-corrected chi connectivity index (χ4v) is 2.37. The summed E-state index contributed by atoms with van der Waals surface area (Å²) < 4.78 is 5.30. The number of hydrogen-bond donors (Lipinski definition) is 1. The second kappa shape index (κ2) is 8.04. The van der Waals surface area contributed by atoms with E-state index in [2.05, 4.69) is 15.3 Å². The molecule has 7 heteroatoms. The summed E-state index contributed by atoms with van der Waals surface area (Å²) in [6.07, 6.45) is 4.68. The van der Waals surface area contributed by atoms with Gasteiger partial charge in [-0.3, -0.25) is 4.79 Å². The highest BCUT2D eigenvalue weighted by atomic mass is 16.5. The lowest BCUT2D eigenvalue weighted by atomic mass is 10.2. The number of morpholine rings is 1. The van der Waals surface area contributed by atoms with Gasteiger partial charge in [-0.1, -0.05) is 18.2 Å². The lowest BCUT2D eigenvalue weighted by Crippen LogP contribution is -2.37. The van der Waals surface area contributed by atoms with Crippen LogP contribution in [0.1, 0.15) is 5.56 Å². The standard InChI is InChI=1S/C18H17N5O2/c19-11-15(17(24)22-16-4-2-1-3-5-16)10-14-12-20-18(21-13-14)23-6-8-25-9-7-23/h1-5,10,12-13H,6-9H2,(H,22,24)/b15-10-. The van der Waals surface area contributed by atoms with Crippen molar-refractivity contribution in [3.05, 3.63) is 53.9 Å².